The zero-order valence-electron chi connectivity index (χ0n) is 13.6. The van der Waals surface area contributed by atoms with Gasteiger partial charge < -0.3 is 15.0 Å². The molecule has 1 amide bonds. The predicted molar refractivity (Wildman–Crippen MR) is 80.7 cm³/mol. The van der Waals surface area contributed by atoms with Gasteiger partial charge in [-0.2, -0.15) is 0 Å². The van der Waals surface area contributed by atoms with Crippen LogP contribution in [0.25, 0.3) is 0 Å². The molecule has 0 radical (unpaired) electrons. The van der Waals surface area contributed by atoms with Gasteiger partial charge in [-0.05, 0) is 25.2 Å². The van der Waals surface area contributed by atoms with Gasteiger partial charge in [-0.25, -0.2) is 0 Å². The zero-order valence-corrected chi connectivity index (χ0v) is 13.6. The Labute approximate surface area is 127 Å². The third-order valence-corrected chi connectivity index (χ3v) is 4.29. The molecule has 1 N–H and O–H groups in total. The van der Waals surface area contributed by atoms with E-state index in [1.807, 2.05) is 20.8 Å². The van der Waals surface area contributed by atoms with E-state index in [9.17, 15) is 9.59 Å². The maximum atomic E-state index is 12.2. The number of carbonyl (C=O) groups is 2. The topological polar surface area (TPSA) is 58.6 Å². The minimum Gasteiger partial charge on any atom is -0.469 e. The van der Waals surface area contributed by atoms with Gasteiger partial charge in [0.1, 0.15) is 0 Å². The number of methoxy groups -OCH3 is 1. The number of carbonyl (C=O) groups excluding carboxylic acids is 2. The van der Waals surface area contributed by atoms with E-state index in [2.05, 4.69) is 10.2 Å². The van der Waals surface area contributed by atoms with Crippen LogP contribution in [0.2, 0.25) is 0 Å². The van der Waals surface area contributed by atoms with Gasteiger partial charge >= 0.3 is 5.97 Å². The van der Waals surface area contributed by atoms with Crippen LogP contribution in [-0.4, -0.2) is 49.6 Å². The van der Waals surface area contributed by atoms with E-state index in [0.717, 1.165) is 25.6 Å². The number of nitrogens with one attached hydrogen (secondary N) is 1. The molecule has 2 fully saturated rings. The molecule has 120 valence electrons. The van der Waals surface area contributed by atoms with Crippen molar-refractivity contribution in [3.8, 4) is 0 Å². The fourth-order valence-corrected chi connectivity index (χ4v) is 2.85. The van der Waals surface area contributed by atoms with Crippen molar-refractivity contribution < 1.29 is 14.3 Å². The second kappa shape index (κ2) is 6.34. The summed E-state index contributed by atoms with van der Waals surface area (Å²) in [6.45, 7) is 8.35. The van der Waals surface area contributed by atoms with Gasteiger partial charge in [0.15, 0.2) is 0 Å². The lowest BCUT2D eigenvalue weighted by Crippen LogP contribution is -2.54. The normalized spacial score (nSPS) is 27.2. The van der Waals surface area contributed by atoms with Gasteiger partial charge in [-0.15, -0.1) is 0 Å². The summed E-state index contributed by atoms with van der Waals surface area (Å²) in [5, 5.41) is 3.10. The van der Waals surface area contributed by atoms with Gasteiger partial charge in [0.05, 0.1) is 13.0 Å². The number of hydrogen-bond acceptors (Lipinski definition) is 4. The number of rotatable bonds is 4. The van der Waals surface area contributed by atoms with Crippen molar-refractivity contribution in [2.24, 2.45) is 17.3 Å². The highest BCUT2D eigenvalue weighted by atomic mass is 16.5. The average molecular weight is 296 g/mol. The molecule has 1 saturated heterocycles. The van der Waals surface area contributed by atoms with E-state index in [1.165, 1.54) is 20.0 Å². The van der Waals surface area contributed by atoms with Gasteiger partial charge in [0.25, 0.3) is 0 Å². The molecule has 0 spiro atoms. The molecule has 1 aliphatic carbocycles. The Morgan fingerprint density at radius 3 is 2.43 bits per heavy atom. The first-order chi connectivity index (χ1) is 9.79. The Bertz CT molecular complexity index is 399. The van der Waals surface area contributed by atoms with Crippen LogP contribution in [0, 0.1) is 17.3 Å². The summed E-state index contributed by atoms with van der Waals surface area (Å²) >= 11 is 0. The fraction of sp³-hybridized carbons (Fsp3) is 0.875. The average Bonchev–Trinajstić information content (AvgIpc) is 3.20. The second-order valence-electron chi connectivity index (χ2n) is 7.54. The molecule has 2 aliphatic rings. The van der Waals surface area contributed by atoms with Crippen LogP contribution in [0.1, 0.15) is 40.0 Å². The van der Waals surface area contributed by atoms with Crippen molar-refractivity contribution in [2.45, 2.75) is 46.1 Å². The molecular weight excluding hydrogens is 268 g/mol. The summed E-state index contributed by atoms with van der Waals surface area (Å²) in [6, 6.07) is 0.0355. The summed E-state index contributed by atoms with van der Waals surface area (Å²) in [7, 11) is 1.44. The van der Waals surface area contributed by atoms with E-state index >= 15 is 0 Å². The van der Waals surface area contributed by atoms with Gasteiger partial charge in [0, 0.05) is 31.1 Å². The molecule has 5 heteroatoms. The molecule has 2 unspecified atom stereocenters. The molecule has 1 saturated carbocycles. The van der Waals surface area contributed by atoms with Gasteiger partial charge in [-0.1, -0.05) is 20.8 Å². The molecule has 2 atom stereocenters. The van der Waals surface area contributed by atoms with E-state index in [0.29, 0.717) is 6.42 Å². The third kappa shape index (κ3) is 4.70. The molecular formula is C16H28N2O3. The number of hydrogen-bond donors (Lipinski definition) is 1. The zero-order chi connectivity index (χ0) is 15.6. The highest BCUT2D eigenvalue weighted by Gasteiger charge is 2.36. The van der Waals surface area contributed by atoms with Crippen molar-refractivity contribution >= 4 is 11.9 Å². The SMILES string of the molecule is COC(=O)C1CC(NC(=O)C(C)(C)C)CN(CC2CC2)C1. The van der Waals surface area contributed by atoms with E-state index in [1.54, 1.807) is 0 Å². The molecule has 0 aromatic rings. The summed E-state index contributed by atoms with van der Waals surface area (Å²) in [5.74, 6) is 0.531. The molecule has 5 nitrogen and oxygen atoms in total. The lowest BCUT2D eigenvalue weighted by atomic mass is 9.91. The molecule has 21 heavy (non-hydrogen) atoms. The molecule has 0 bridgehead atoms. The fourth-order valence-electron chi connectivity index (χ4n) is 2.85. The minimum atomic E-state index is -0.403. The molecule has 2 rings (SSSR count). The summed E-state index contributed by atoms with van der Waals surface area (Å²) in [6.07, 6.45) is 3.26. The number of nitrogens with zero attached hydrogens (tertiary/aromatic N) is 1. The van der Waals surface area contributed by atoms with Crippen LogP contribution in [0.15, 0.2) is 0 Å². The van der Waals surface area contributed by atoms with Crippen LogP contribution in [0.3, 0.4) is 0 Å². The number of piperidine rings is 1. The molecule has 0 aromatic carbocycles. The summed E-state index contributed by atoms with van der Waals surface area (Å²) in [5.41, 5.74) is -0.403. The molecule has 0 aromatic heterocycles. The number of likely N-dealkylation sites (tertiary alicyclic amines) is 1. The van der Waals surface area contributed by atoms with Crippen LogP contribution < -0.4 is 5.32 Å². The van der Waals surface area contributed by atoms with Crippen LogP contribution >= 0.6 is 0 Å². The number of amides is 1. The highest BCUT2D eigenvalue weighted by Crippen LogP contribution is 2.31. The maximum absolute atomic E-state index is 12.2. The second-order valence-corrected chi connectivity index (χ2v) is 7.54. The van der Waals surface area contributed by atoms with Gasteiger partial charge in [0.2, 0.25) is 5.91 Å². The third-order valence-electron chi connectivity index (χ3n) is 4.29. The largest absolute Gasteiger partial charge is 0.469 e. The number of esters is 1. The van der Waals surface area contributed by atoms with Crippen LogP contribution in [0.5, 0.6) is 0 Å². The standard InChI is InChI=1S/C16H28N2O3/c1-16(2,3)15(20)17-13-7-12(14(19)21-4)9-18(10-13)8-11-5-6-11/h11-13H,5-10H2,1-4H3,(H,17,20). The molecule has 1 aliphatic heterocycles. The van der Waals surface area contributed by atoms with Gasteiger partial charge in [-0.3, -0.25) is 9.59 Å². The first-order valence-electron chi connectivity index (χ1n) is 7.90. The van der Waals surface area contributed by atoms with Crippen molar-refractivity contribution in [3.63, 3.8) is 0 Å². The smallest absolute Gasteiger partial charge is 0.310 e. The highest BCUT2D eigenvalue weighted by molar-refractivity contribution is 5.81. The Morgan fingerprint density at radius 2 is 1.90 bits per heavy atom. The number of ether oxygens (including phenoxy) is 1. The van der Waals surface area contributed by atoms with Crippen molar-refractivity contribution in [1.82, 2.24) is 10.2 Å². The minimum absolute atomic E-state index is 0.0355. The van der Waals surface area contributed by atoms with E-state index in [-0.39, 0.29) is 23.8 Å². The van der Waals surface area contributed by atoms with Crippen molar-refractivity contribution in [1.29, 1.82) is 0 Å². The monoisotopic (exact) mass is 296 g/mol. The Hall–Kier alpha value is -1.10. The summed E-state index contributed by atoms with van der Waals surface area (Å²) in [4.78, 5) is 26.4. The lowest BCUT2D eigenvalue weighted by Gasteiger charge is -2.38. The first kappa shape index (κ1) is 16.3. The quantitative estimate of drug-likeness (QED) is 0.797. The Balaban J connectivity index is 1.97. The first-order valence-corrected chi connectivity index (χ1v) is 7.90. The van der Waals surface area contributed by atoms with Crippen molar-refractivity contribution in [3.05, 3.63) is 0 Å². The Morgan fingerprint density at radius 1 is 1.24 bits per heavy atom. The maximum Gasteiger partial charge on any atom is 0.310 e. The van der Waals surface area contributed by atoms with Crippen LogP contribution in [0.4, 0.5) is 0 Å². The van der Waals surface area contributed by atoms with E-state index in [4.69, 9.17) is 4.74 Å². The Kier molecular flexibility index (Phi) is 4.91. The summed E-state index contributed by atoms with van der Waals surface area (Å²) < 4.78 is 4.90. The predicted octanol–water partition coefficient (Wildman–Crippen LogP) is 1.42. The van der Waals surface area contributed by atoms with E-state index < -0.39 is 5.41 Å². The molecule has 1 heterocycles. The van der Waals surface area contributed by atoms with Crippen molar-refractivity contribution in [2.75, 3.05) is 26.7 Å². The lowest BCUT2D eigenvalue weighted by molar-refractivity contribution is -0.148. The van der Waals surface area contributed by atoms with Crippen LogP contribution in [-0.2, 0) is 14.3 Å².